The van der Waals surface area contributed by atoms with Crippen LogP contribution in [-0.4, -0.2) is 7.05 Å². The van der Waals surface area contributed by atoms with E-state index in [4.69, 9.17) is 0 Å². The standard InChI is InChI=1S/C13H13NS/c1-14(11-5-3-2-4-6-11)12-7-9-13(15)10-8-12/h2-10,15H,1H3. The highest BCUT2D eigenvalue weighted by Crippen LogP contribution is 2.23. The summed E-state index contributed by atoms with van der Waals surface area (Å²) in [5.41, 5.74) is 2.35. The fourth-order valence-corrected chi connectivity index (χ4v) is 1.63. The Labute approximate surface area is 95.8 Å². The number of hydrogen-bond acceptors (Lipinski definition) is 2. The number of rotatable bonds is 2. The van der Waals surface area contributed by atoms with Gasteiger partial charge in [-0.1, -0.05) is 18.2 Å². The van der Waals surface area contributed by atoms with Crippen LogP contribution in [0.4, 0.5) is 11.4 Å². The lowest BCUT2D eigenvalue weighted by atomic mass is 10.2. The molecule has 0 amide bonds. The molecule has 0 aromatic heterocycles. The molecule has 0 fully saturated rings. The molecule has 0 atom stereocenters. The minimum absolute atomic E-state index is 0.986. The van der Waals surface area contributed by atoms with Crippen LogP contribution in [-0.2, 0) is 0 Å². The highest BCUT2D eigenvalue weighted by Gasteiger charge is 2.01. The van der Waals surface area contributed by atoms with Crippen molar-refractivity contribution in [2.45, 2.75) is 4.90 Å². The van der Waals surface area contributed by atoms with Gasteiger partial charge < -0.3 is 4.90 Å². The van der Waals surface area contributed by atoms with Gasteiger partial charge in [0, 0.05) is 23.3 Å². The van der Waals surface area contributed by atoms with Gasteiger partial charge in [-0.05, 0) is 36.4 Å². The predicted molar refractivity (Wildman–Crippen MR) is 68.2 cm³/mol. The number of benzene rings is 2. The Morgan fingerprint density at radius 2 is 1.33 bits per heavy atom. The topological polar surface area (TPSA) is 3.24 Å². The number of para-hydroxylation sites is 1. The molecule has 1 nitrogen and oxygen atoms in total. The second-order valence-electron chi connectivity index (χ2n) is 3.41. The van der Waals surface area contributed by atoms with Crippen LogP contribution < -0.4 is 4.90 Å². The monoisotopic (exact) mass is 215 g/mol. The van der Waals surface area contributed by atoms with Crippen molar-refractivity contribution >= 4 is 24.0 Å². The van der Waals surface area contributed by atoms with Gasteiger partial charge in [-0.2, -0.15) is 0 Å². The molecular formula is C13H13NS. The van der Waals surface area contributed by atoms with Crippen molar-refractivity contribution in [2.75, 3.05) is 11.9 Å². The first-order chi connectivity index (χ1) is 7.27. The van der Waals surface area contributed by atoms with Gasteiger partial charge >= 0.3 is 0 Å². The van der Waals surface area contributed by atoms with Crippen LogP contribution in [0.1, 0.15) is 0 Å². The fraction of sp³-hybridized carbons (Fsp3) is 0.0769. The predicted octanol–water partition coefficient (Wildman–Crippen LogP) is 3.74. The smallest absolute Gasteiger partial charge is 0.0408 e. The summed E-state index contributed by atoms with van der Waals surface area (Å²) in [6.45, 7) is 0. The molecule has 0 aliphatic carbocycles. The first kappa shape index (κ1) is 10.1. The minimum Gasteiger partial charge on any atom is -0.345 e. The first-order valence-electron chi connectivity index (χ1n) is 4.85. The maximum absolute atomic E-state index is 4.27. The maximum atomic E-state index is 4.27. The van der Waals surface area contributed by atoms with Gasteiger partial charge in [0.2, 0.25) is 0 Å². The van der Waals surface area contributed by atoms with E-state index in [9.17, 15) is 0 Å². The average Bonchev–Trinajstić information content (AvgIpc) is 2.30. The Kier molecular flexibility index (Phi) is 2.97. The van der Waals surface area contributed by atoms with E-state index in [-0.39, 0.29) is 0 Å². The van der Waals surface area contributed by atoms with Crippen LogP contribution in [0.25, 0.3) is 0 Å². The third kappa shape index (κ3) is 2.34. The number of thiol groups is 1. The number of anilines is 2. The van der Waals surface area contributed by atoms with E-state index >= 15 is 0 Å². The average molecular weight is 215 g/mol. The molecule has 0 aliphatic heterocycles. The molecule has 2 aromatic rings. The molecular weight excluding hydrogens is 202 g/mol. The third-order valence-corrected chi connectivity index (χ3v) is 2.68. The van der Waals surface area contributed by atoms with Crippen LogP contribution in [0, 0.1) is 0 Å². The Bertz CT molecular complexity index is 422. The summed E-state index contributed by atoms with van der Waals surface area (Å²) in [5, 5.41) is 0. The second-order valence-corrected chi connectivity index (χ2v) is 3.93. The molecule has 0 unspecified atom stereocenters. The van der Waals surface area contributed by atoms with Gasteiger partial charge in [-0.25, -0.2) is 0 Å². The second kappa shape index (κ2) is 4.41. The Morgan fingerprint density at radius 1 is 0.800 bits per heavy atom. The summed E-state index contributed by atoms with van der Waals surface area (Å²) in [4.78, 5) is 3.13. The lowest BCUT2D eigenvalue weighted by Gasteiger charge is -2.19. The summed E-state index contributed by atoms with van der Waals surface area (Å²) < 4.78 is 0. The Balaban J connectivity index is 2.29. The summed E-state index contributed by atoms with van der Waals surface area (Å²) in [6, 6.07) is 18.4. The molecule has 0 aliphatic rings. The lowest BCUT2D eigenvalue weighted by Crippen LogP contribution is -2.08. The first-order valence-corrected chi connectivity index (χ1v) is 5.30. The van der Waals surface area contributed by atoms with Gasteiger partial charge in [-0.3, -0.25) is 0 Å². The van der Waals surface area contributed by atoms with Gasteiger partial charge in [0.05, 0.1) is 0 Å². The van der Waals surface area contributed by atoms with E-state index < -0.39 is 0 Å². The Morgan fingerprint density at radius 3 is 1.93 bits per heavy atom. The van der Waals surface area contributed by atoms with Crippen molar-refractivity contribution in [3.63, 3.8) is 0 Å². The van der Waals surface area contributed by atoms with Crippen LogP contribution in [0.3, 0.4) is 0 Å². The third-order valence-electron chi connectivity index (χ3n) is 2.38. The molecule has 0 heterocycles. The lowest BCUT2D eigenvalue weighted by molar-refractivity contribution is 1.20. The van der Waals surface area contributed by atoms with Crippen LogP contribution >= 0.6 is 12.6 Å². The van der Waals surface area contributed by atoms with E-state index in [0.717, 1.165) is 4.90 Å². The van der Waals surface area contributed by atoms with Crippen molar-refractivity contribution in [3.05, 3.63) is 54.6 Å². The zero-order valence-corrected chi connectivity index (χ0v) is 9.49. The van der Waals surface area contributed by atoms with Gasteiger partial charge in [0.25, 0.3) is 0 Å². The molecule has 2 aromatic carbocycles. The van der Waals surface area contributed by atoms with Crippen LogP contribution in [0.2, 0.25) is 0 Å². The highest BCUT2D eigenvalue weighted by atomic mass is 32.1. The van der Waals surface area contributed by atoms with E-state index in [0.29, 0.717) is 0 Å². The van der Waals surface area contributed by atoms with Gasteiger partial charge in [0.15, 0.2) is 0 Å². The molecule has 0 saturated carbocycles. The Hall–Kier alpha value is -1.41. The van der Waals surface area contributed by atoms with Crippen LogP contribution in [0.15, 0.2) is 59.5 Å². The molecule has 0 radical (unpaired) electrons. The van der Waals surface area contributed by atoms with E-state index in [1.807, 2.05) is 30.3 Å². The summed E-state index contributed by atoms with van der Waals surface area (Å²) in [5.74, 6) is 0. The van der Waals surface area contributed by atoms with Gasteiger partial charge in [-0.15, -0.1) is 12.6 Å². The SMILES string of the molecule is CN(c1ccccc1)c1ccc(S)cc1. The molecule has 2 heteroatoms. The highest BCUT2D eigenvalue weighted by molar-refractivity contribution is 7.80. The summed E-state index contributed by atoms with van der Waals surface area (Å²) in [7, 11) is 2.06. The molecule has 0 saturated heterocycles. The van der Waals surface area contributed by atoms with E-state index in [1.165, 1.54) is 11.4 Å². The number of nitrogens with zero attached hydrogens (tertiary/aromatic N) is 1. The molecule has 0 bridgehead atoms. The quantitative estimate of drug-likeness (QED) is 0.747. The summed E-state index contributed by atoms with van der Waals surface area (Å²) in [6.07, 6.45) is 0. The molecule has 0 spiro atoms. The van der Waals surface area contributed by atoms with Crippen LogP contribution in [0.5, 0.6) is 0 Å². The molecule has 0 N–H and O–H groups in total. The zero-order chi connectivity index (χ0) is 10.7. The maximum Gasteiger partial charge on any atom is 0.0408 e. The summed E-state index contributed by atoms with van der Waals surface area (Å²) >= 11 is 4.27. The van der Waals surface area contributed by atoms with Crippen molar-refractivity contribution < 1.29 is 0 Å². The molecule has 76 valence electrons. The normalized spacial score (nSPS) is 10.0. The van der Waals surface area contributed by atoms with Crippen molar-refractivity contribution in [2.24, 2.45) is 0 Å². The van der Waals surface area contributed by atoms with Crippen molar-refractivity contribution in [1.29, 1.82) is 0 Å². The van der Waals surface area contributed by atoms with E-state index in [1.54, 1.807) is 0 Å². The number of hydrogen-bond donors (Lipinski definition) is 1. The molecule has 2 rings (SSSR count). The van der Waals surface area contributed by atoms with Crippen molar-refractivity contribution in [3.8, 4) is 0 Å². The zero-order valence-electron chi connectivity index (χ0n) is 8.59. The largest absolute Gasteiger partial charge is 0.345 e. The molecule has 15 heavy (non-hydrogen) atoms. The van der Waals surface area contributed by atoms with Gasteiger partial charge in [0.1, 0.15) is 0 Å². The van der Waals surface area contributed by atoms with E-state index in [2.05, 4.69) is 48.8 Å². The van der Waals surface area contributed by atoms with Crippen molar-refractivity contribution in [1.82, 2.24) is 0 Å². The fourth-order valence-electron chi connectivity index (χ4n) is 1.48. The minimum atomic E-state index is 0.986.